The number of ketones is 1. The van der Waals surface area contributed by atoms with Crippen molar-refractivity contribution in [3.05, 3.63) is 53.2 Å². The number of halogens is 1. The highest BCUT2D eigenvalue weighted by Crippen LogP contribution is 2.26. The number of carbonyl (C=O) groups excluding carboxylic acids is 1. The van der Waals surface area contributed by atoms with Gasteiger partial charge in [0.25, 0.3) is 0 Å². The van der Waals surface area contributed by atoms with Crippen LogP contribution in [0.2, 0.25) is 5.02 Å². The lowest BCUT2D eigenvalue weighted by Crippen LogP contribution is -2.06. The van der Waals surface area contributed by atoms with Crippen LogP contribution in [-0.2, 0) is 0 Å². The summed E-state index contributed by atoms with van der Waals surface area (Å²) in [6.45, 7) is 2.42. The number of hydrogen-bond donors (Lipinski definition) is 0. The molecule has 0 amide bonds. The molecule has 2 rings (SSSR count). The van der Waals surface area contributed by atoms with Crippen LogP contribution in [0.15, 0.2) is 47.6 Å². The third-order valence-electron chi connectivity index (χ3n) is 2.55. The largest absolute Gasteiger partial charge is 0.493 e. The maximum atomic E-state index is 12.3. The molecule has 5 heteroatoms. The van der Waals surface area contributed by atoms with Gasteiger partial charge in [0.15, 0.2) is 5.78 Å². The highest BCUT2D eigenvalue weighted by Gasteiger charge is 2.13. The molecule has 0 aliphatic heterocycles. The molecule has 0 spiro atoms. The molecular weight excluding hydrogens is 294 g/mol. The van der Waals surface area contributed by atoms with Crippen molar-refractivity contribution >= 4 is 29.1 Å². The number of rotatable bonds is 6. The number of aromatic nitrogens is 1. The smallest absolute Gasteiger partial charge is 0.176 e. The van der Waals surface area contributed by atoms with Crippen LogP contribution in [0.25, 0.3) is 0 Å². The van der Waals surface area contributed by atoms with Crippen LogP contribution in [-0.4, -0.2) is 23.1 Å². The van der Waals surface area contributed by atoms with E-state index in [9.17, 15) is 4.79 Å². The van der Waals surface area contributed by atoms with Crippen molar-refractivity contribution < 1.29 is 9.53 Å². The monoisotopic (exact) mass is 307 g/mol. The highest BCUT2D eigenvalue weighted by atomic mass is 35.5. The Morgan fingerprint density at radius 2 is 2.10 bits per heavy atom. The summed E-state index contributed by atoms with van der Waals surface area (Å²) in [7, 11) is 0. The van der Waals surface area contributed by atoms with Gasteiger partial charge in [0.2, 0.25) is 0 Å². The molecule has 0 fully saturated rings. The zero-order valence-electron chi connectivity index (χ0n) is 11.0. The van der Waals surface area contributed by atoms with Gasteiger partial charge in [0, 0.05) is 6.20 Å². The molecule has 1 aromatic heterocycles. The molecule has 0 unspecified atom stereocenters. The molecule has 0 saturated carbocycles. The van der Waals surface area contributed by atoms with E-state index < -0.39 is 0 Å². The fourth-order valence-corrected chi connectivity index (χ4v) is 2.72. The van der Waals surface area contributed by atoms with Crippen molar-refractivity contribution in [3.63, 3.8) is 0 Å². The lowest BCUT2D eigenvalue weighted by Gasteiger charge is -2.09. The van der Waals surface area contributed by atoms with Crippen molar-refractivity contribution in [1.29, 1.82) is 0 Å². The van der Waals surface area contributed by atoms with Crippen LogP contribution in [0.3, 0.4) is 0 Å². The lowest BCUT2D eigenvalue weighted by molar-refractivity contribution is 0.101. The standard InChI is InChI=1S/C15H14ClNO2S/c1-2-19-14-8-4-3-6-11(14)13(18)10-20-15-12(16)7-5-9-17-15/h3-9H,2,10H2,1H3. The van der Waals surface area contributed by atoms with Crippen molar-refractivity contribution in [3.8, 4) is 5.75 Å². The van der Waals surface area contributed by atoms with Crippen LogP contribution in [0.4, 0.5) is 0 Å². The first-order valence-electron chi connectivity index (χ1n) is 6.20. The molecule has 2 aromatic rings. The fraction of sp³-hybridized carbons (Fsp3) is 0.200. The van der Waals surface area contributed by atoms with Gasteiger partial charge in [-0.1, -0.05) is 35.5 Å². The van der Waals surface area contributed by atoms with Crippen LogP contribution in [0.5, 0.6) is 5.75 Å². The highest BCUT2D eigenvalue weighted by molar-refractivity contribution is 8.00. The molecule has 0 atom stereocenters. The second kappa shape index (κ2) is 7.31. The second-order valence-electron chi connectivity index (χ2n) is 3.93. The average molecular weight is 308 g/mol. The number of benzene rings is 1. The number of hydrogen-bond acceptors (Lipinski definition) is 4. The Morgan fingerprint density at radius 3 is 2.85 bits per heavy atom. The number of para-hydroxylation sites is 1. The second-order valence-corrected chi connectivity index (χ2v) is 5.30. The predicted octanol–water partition coefficient (Wildman–Crippen LogP) is 4.11. The van der Waals surface area contributed by atoms with E-state index in [2.05, 4.69) is 4.98 Å². The first-order chi connectivity index (χ1) is 9.72. The van der Waals surface area contributed by atoms with Crippen LogP contribution < -0.4 is 4.74 Å². The number of nitrogens with zero attached hydrogens (tertiary/aromatic N) is 1. The molecule has 0 saturated heterocycles. The Hall–Kier alpha value is -1.52. The SMILES string of the molecule is CCOc1ccccc1C(=O)CSc1ncccc1Cl. The molecule has 0 bridgehead atoms. The molecule has 0 N–H and O–H groups in total. The van der Waals surface area contributed by atoms with Gasteiger partial charge in [-0.05, 0) is 31.2 Å². The van der Waals surface area contributed by atoms with Crippen LogP contribution in [0.1, 0.15) is 17.3 Å². The minimum absolute atomic E-state index is 0.000713. The first kappa shape index (κ1) is 14.9. The molecule has 3 nitrogen and oxygen atoms in total. The van der Waals surface area contributed by atoms with E-state index in [1.54, 1.807) is 30.5 Å². The van der Waals surface area contributed by atoms with E-state index in [0.29, 0.717) is 28.0 Å². The lowest BCUT2D eigenvalue weighted by atomic mass is 10.1. The number of pyridine rings is 1. The molecule has 0 aliphatic carbocycles. The van der Waals surface area contributed by atoms with Crippen molar-refractivity contribution in [2.45, 2.75) is 11.9 Å². The topological polar surface area (TPSA) is 39.2 Å². The number of Topliss-reactive ketones (excluding diaryl/α,β-unsaturated/α-hetero) is 1. The minimum Gasteiger partial charge on any atom is -0.493 e. The minimum atomic E-state index is 0.000713. The van der Waals surface area contributed by atoms with Gasteiger partial charge < -0.3 is 4.74 Å². The summed E-state index contributed by atoms with van der Waals surface area (Å²) < 4.78 is 5.46. The maximum absolute atomic E-state index is 12.3. The molecule has 1 heterocycles. The molecule has 104 valence electrons. The van der Waals surface area contributed by atoms with E-state index in [1.165, 1.54) is 11.8 Å². The molecule has 1 aromatic carbocycles. The molecule has 20 heavy (non-hydrogen) atoms. The normalized spacial score (nSPS) is 10.3. The predicted molar refractivity (Wildman–Crippen MR) is 81.9 cm³/mol. The third-order valence-corrected chi connectivity index (χ3v) is 3.97. The van der Waals surface area contributed by atoms with E-state index >= 15 is 0 Å². The molecule has 0 aliphatic rings. The summed E-state index contributed by atoms with van der Waals surface area (Å²) in [5.41, 5.74) is 0.592. The Kier molecular flexibility index (Phi) is 5.44. The maximum Gasteiger partial charge on any atom is 0.176 e. The van der Waals surface area contributed by atoms with Crippen molar-refractivity contribution in [2.75, 3.05) is 12.4 Å². The Balaban J connectivity index is 2.07. The van der Waals surface area contributed by atoms with Crippen molar-refractivity contribution in [2.24, 2.45) is 0 Å². The Labute approximate surface area is 127 Å². The fourth-order valence-electron chi connectivity index (χ4n) is 1.67. The van der Waals surface area contributed by atoms with Gasteiger partial charge in [-0.2, -0.15) is 0 Å². The number of carbonyl (C=O) groups is 1. The van der Waals surface area contributed by atoms with Gasteiger partial charge in [-0.3, -0.25) is 4.79 Å². The number of thioether (sulfide) groups is 1. The van der Waals surface area contributed by atoms with Crippen LogP contribution in [0, 0.1) is 0 Å². The first-order valence-corrected chi connectivity index (χ1v) is 7.57. The number of ether oxygens (including phenoxy) is 1. The summed E-state index contributed by atoms with van der Waals surface area (Å²) in [6, 6.07) is 10.8. The summed E-state index contributed by atoms with van der Waals surface area (Å²) in [5, 5.41) is 1.22. The van der Waals surface area contributed by atoms with Gasteiger partial charge in [-0.25, -0.2) is 4.98 Å². The molecular formula is C15H14ClNO2S. The van der Waals surface area contributed by atoms with E-state index in [4.69, 9.17) is 16.3 Å². The van der Waals surface area contributed by atoms with Crippen LogP contribution >= 0.6 is 23.4 Å². The van der Waals surface area contributed by atoms with E-state index in [1.807, 2.05) is 19.1 Å². The zero-order chi connectivity index (χ0) is 14.4. The average Bonchev–Trinajstić information content (AvgIpc) is 2.47. The van der Waals surface area contributed by atoms with Gasteiger partial charge >= 0.3 is 0 Å². The summed E-state index contributed by atoms with van der Waals surface area (Å²) in [4.78, 5) is 16.4. The summed E-state index contributed by atoms with van der Waals surface area (Å²) in [6.07, 6.45) is 1.66. The van der Waals surface area contributed by atoms with Gasteiger partial charge in [-0.15, -0.1) is 0 Å². The van der Waals surface area contributed by atoms with Gasteiger partial charge in [0.1, 0.15) is 10.8 Å². The zero-order valence-corrected chi connectivity index (χ0v) is 12.6. The van der Waals surface area contributed by atoms with E-state index in [0.717, 1.165) is 0 Å². The Bertz CT molecular complexity index is 604. The quantitative estimate of drug-likeness (QED) is 0.595. The third kappa shape index (κ3) is 3.74. The van der Waals surface area contributed by atoms with Gasteiger partial charge in [0.05, 0.1) is 22.9 Å². The van der Waals surface area contributed by atoms with E-state index in [-0.39, 0.29) is 11.5 Å². The summed E-state index contributed by atoms with van der Waals surface area (Å²) >= 11 is 7.34. The summed E-state index contributed by atoms with van der Waals surface area (Å²) in [5.74, 6) is 0.898. The molecule has 0 radical (unpaired) electrons. The van der Waals surface area contributed by atoms with Crippen molar-refractivity contribution in [1.82, 2.24) is 4.98 Å². The Morgan fingerprint density at radius 1 is 1.30 bits per heavy atom.